The molecule has 0 spiro atoms. The number of ether oxygens (including phenoxy) is 2. The summed E-state index contributed by atoms with van der Waals surface area (Å²) >= 11 is 4.68. The molecule has 0 aromatic carbocycles. The van der Waals surface area contributed by atoms with Gasteiger partial charge < -0.3 is 15.2 Å². The van der Waals surface area contributed by atoms with Gasteiger partial charge in [0.2, 0.25) is 0 Å². The molecule has 4 heteroatoms. The summed E-state index contributed by atoms with van der Waals surface area (Å²) in [5.74, 6) is 0. The summed E-state index contributed by atoms with van der Waals surface area (Å²) in [6.07, 6.45) is 1.70. The number of rotatable bonds is 8. The number of nitrogens with two attached hydrogens (primary N) is 1. The summed E-state index contributed by atoms with van der Waals surface area (Å²) in [5.41, 5.74) is 5.28. The second-order valence-corrected chi connectivity index (χ2v) is 2.97. The predicted octanol–water partition coefficient (Wildman–Crippen LogP) is 1.11. The third kappa shape index (κ3) is 9.81. The number of hydrogen-bond acceptors (Lipinski definition) is 3. The first-order valence-electron chi connectivity index (χ1n) is 4.21. The molecular weight excluding hydrogens is 174 g/mol. The van der Waals surface area contributed by atoms with E-state index in [1.165, 1.54) is 0 Å². The maximum atomic E-state index is 5.28. The summed E-state index contributed by atoms with van der Waals surface area (Å²) in [4.78, 5) is 0.504. The lowest BCUT2D eigenvalue weighted by molar-refractivity contribution is 0.0507. The zero-order chi connectivity index (χ0) is 9.23. The molecule has 0 aliphatic carbocycles. The van der Waals surface area contributed by atoms with Gasteiger partial charge in [-0.25, -0.2) is 0 Å². The molecule has 0 bridgehead atoms. The lowest BCUT2D eigenvalue weighted by Crippen LogP contribution is -2.13. The van der Waals surface area contributed by atoms with Crippen LogP contribution in [0.25, 0.3) is 0 Å². The van der Waals surface area contributed by atoms with Gasteiger partial charge in [-0.05, 0) is 6.42 Å². The quantitative estimate of drug-likeness (QED) is 0.461. The van der Waals surface area contributed by atoms with Crippen LogP contribution in [0.15, 0.2) is 0 Å². The SMILES string of the molecule is CCCOCCOCCC(N)=S. The second-order valence-electron chi connectivity index (χ2n) is 2.44. The Labute approximate surface area is 79.2 Å². The fraction of sp³-hybridized carbons (Fsp3) is 0.875. The van der Waals surface area contributed by atoms with Crippen molar-refractivity contribution in [2.75, 3.05) is 26.4 Å². The molecule has 0 saturated heterocycles. The third-order valence-corrected chi connectivity index (χ3v) is 1.42. The number of hydrogen-bond donors (Lipinski definition) is 1. The van der Waals surface area contributed by atoms with Crippen molar-refractivity contribution in [3.8, 4) is 0 Å². The Morgan fingerprint density at radius 2 is 1.75 bits per heavy atom. The molecular formula is C8H17NO2S. The fourth-order valence-corrected chi connectivity index (χ4v) is 0.722. The summed E-state index contributed by atoms with van der Waals surface area (Å²) in [6.45, 7) is 4.77. The van der Waals surface area contributed by atoms with E-state index in [0.29, 0.717) is 31.2 Å². The van der Waals surface area contributed by atoms with E-state index >= 15 is 0 Å². The molecule has 0 atom stereocenters. The van der Waals surface area contributed by atoms with E-state index in [1.54, 1.807) is 0 Å². The van der Waals surface area contributed by atoms with Crippen LogP contribution < -0.4 is 5.73 Å². The van der Waals surface area contributed by atoms with Crippen molar-refractivity contribution in [3.05, 3.63) is 0 Å². The first kappa shape index (κ1) is 11.8. The zero-order valence-corrected chi connectivity index (χ0v) is 8.36. The lowest BCUT2D eigenvalue weighted by Gasteiger charge is -2.03. The van der Waals surface area contributed by atoms with E-state index in [2.05, 4.69) is 19.1 Å². The topological polar surface area (TPSA) is 44.5 Å². The van der Waals surface area contributed by atoms with Crippen molar-refractivity contribution in [1.29, 1.82) is 0 Å². The second kappa shape index (κ2) is 8.90. The van der Waals surface area contributed by atoms with Gasteiger partial charge in [0.15, 0.2) is 0 Å². The van der Waals surface area contributed by atoms with Crippen LogP contribution in [0.3, 0.4) is 0 Å². The minimum atomic E-state index is 0.504. The Bertz CT molecular complexity index is 120. The van der Waals surface area contributed by atoms with Crippen LogP contribution in [0.2, 0.25) is 0 Å². The monoisotopic (exact) mass is 191 g/mol. The predicted molar refractivity (Wildman–Crippen MR) is 53.3 cm³/mol. The Hall–Kier alpha value is -0.190. The van der Waals surface area contributed by atoms with Gasteiger partial charge in [0.25, 0.3) is 0 Å². The maximum absolute atomic E-state index is 5.28. The van der Waals surface area contributed by atoms with Crippen LogP contribution in [0.1, 0.15) is 19.8 Å². The van der Waals surface area contributed by atoms with Crippen molar-refractivity contribution >= 4 is 17.2 Å². The van der Waals surface area contributed by atoms with Crippen LogP contribution >= 0.6 is 12.2 Å². The molecule has 2 N–H and O–H groups in total. The van der Waals surface area contributed by atoms with E-state index in [4.69, 9.17) is 15.2 Å². The molecule has 0 radical (unpaired) electrons. The molecule has 0 aromatic heterocycles. The molecule has 0 rings (SSSR count). The fourth-order valence-electron chi connectivity index (χ4n) is 0.639. The van der Waals surface area contributed by atoms with Crippen LogP contribution in [-0.2, 0) is 9.47 Å². The Balaban J connectivity index is 2.86. The Kier molecular flexibility index (Phi) is 8.76. The minimum absolute atomic E-state index is 0.504. The maximum Gasteiger partial charge on any atom is 0.0750 e. The van der Waals surface area contributed by atoms with E-state index in [0.717, 1.165) is 13.0 Å². The Morgan fingerprint density at radius 3 is 2.25 bits per heavy atom. The highest BCUT2D eigenvalue weighted by Crippen LogP contribution is 1.85. The van der Waals surface area contributed by atoms with Gasteiger partial charge in [0.1, 0.15) is 0 Å². The lowest BCUT2D eigenvalue weighted by atomic mass is 10.5. The molecule has 0 fully saturated rings. The van der Waals surface area contributed by atoms with Gasteiger partial charge in [0, 0.05) is 13.0 Å². The van der Waals surface area contributed by atoms with Gasteiger partial charge in [-0.15, -0.1) is 0 Å². The first-order chi connectivity index (χ1) is 5.77. The largest absolute Gasteiger partial charge is 0.393 e. The van der Waals surface area contributed by atoms with Crippen LogP contribution in [0, 0.1) is 0 Å². The van der Waals surface area contributed by atoms with Crippen LogP contribution in [-0.4, -0.2) is 31.4 Å². The van der Waals surface area contributed by atoms with Gasteiger partial charge >= 0.3 is 0 Å². The van der Waals surface area contributed by atoms with E-state index in [-0.39, 0.29) is 0 Å². The minimum Gasteiger partial charge on any atom is -0.393 e. The molecule has 3 nitrogen and oxygen atoms in total. The molecule has 72 valence electrons. The molecule has 0 aliphatic heterocycles. The van der Waals surface area contributed by atoms with E-state index in [1.807, 2.05) is 0 Å². The van der Waals surface area contributed by atoms with Gasteiger partial charge in [-0.2, -0.15) is 0 Å². The summed E-state index contributed by atoms with van der Waals surface area (Å²) in [5, 5.41) is 0. The molecule has 12 heavy (non-hydrogen) atoms. The first-order valence-corrected chi connectivity index (χ1v) is 4.62. The number of thiocarbonyl (C=S) groups is 1. The highest BCUT2D eigenvalue weighted by Gasteiger charge is 1.90. The third-order valence-electron chi connectivity index (χ3n) is 1.21. The molecule has 0 saturated carbocycles. The standard InChI is InChI=1S/C8H17NO2S/c1-2-4-10-6-7-11-5-3-8(9)12/h2-7H2,1H3,(H2,9,12). The average Bonchev–Trinajstić information content (AvgIpc) is 2.02. The van der Waals surface area contributed by atoms with E-state index < -0.39 is 0 Å². The van der Waals surface area contributed by atoms with Crippen molar-refractivity contribution in [2.45, 2.75) is 19.8 Å². The molecule has 0 aromatic rings. The summed E-state index contributed by atoms with van der Waals surface area (Å²) < 4.78 is 10.4. The van der Waals surface area contributed by atoms with Crippen molar-refractivity contribution in [3.63, 3.8) is 0 Å². The van der Waals surface area contributed by atoms with Crippen molar-refractivity contribution < 1.29 is 9.47 Å². The van der Waals surface area contributed by atoms with Gasteiger partial charge in [0.05, 0.1) is 24.8 Å². The molecule has 0 unspecified atom stereocenters. The summed E-state index contributed by atoms with van der Waals surface area (Å²) in [6, 6.07) is 0. The molecule has 0 heterocycles. The van der Waals surface area contributed by atoms with E-state index in [9.17, 15) is 0 Å². The normalized spacial score (nSPS) is 10.1. The highest BCUT2D eigenvalue weighted by atomic mass is 32.1. The van der Waals surface area contributed by atoms with Gasteiger partial charge in [-0.3, -0.25) is 0 Å². The smallest absolute Gasteiger partial charge is 0.0750 e. The van der Waals surface area contributed by atoms with Gasteiger partial charge in [-0.1, -0.05) is 19.1 Å². The van der Waals surface area contributed by atoms with Crippen LogP contribution in [0.4, 0.5) is 0 Å². The van der Waals surface area contributed by atoms with Crippen molar-refractivity contribution in [2.24, 2.45) is 5.73 Å². The zero-order valence-electron chi connectivity index (χ0n) is 7.54. The molecule has 0 amide bonds. The highest BCUT2D eigenvalue weighted by molar-refractivity contribution is 7.80. The van der Waals surface area contributed by atoms with Crippen molar-refractivity contribution in [1.82, 2.24) is 0 Å². The summed E-state index contributed by atoms with van der Waals surface area (Å²) in [7, 11) is 0. The molecule has 0 aliphatic rings. The average molecular weight is 191 g/mol. The Morgan fingerprint density at radius 1 is 1.17 bits per heavy atom. The van der Waals surface area contributed by atoms with Crippen LogP contribution in [0.5, 0.6) is 0 Å².